The van der Waals surface area contributed by atoms with Crippen LogP contribution < -0.4 is 15.5 Å². The second-order valence-corrected chi connectivity index (χ2v) is 8.47. The Morgan fingerprint density at radius 2 is 1.94 bits per heavy atom. The van der Waals surface area contributed by atoms with Gasteiger partial charge in [-0.25, -0.2) is 14.7 Å². The Labute approximate surface area is 190 Å². The van der Waals surface area contributed by atoms with Crippen molar-refractivity contribution in [2.75, 3.05) is 24.5 Å². The smallest absolute Gasteiger partial charge is 0.191 e. The highest BCUT2D eigenvalue weighted by molar-refractivity contribution is 5.80. The molecule has 1 aromatic carbocycles. The normalized spacial score (nSPS) is 16.4. The Kier molecular flexibility index (Phi) is 6.73. The molecular weight excluding hydrogens is 398 g/mol. The van der Waals surface area contributed by atoms with E-state index in [1.807, 2.05) is 30.8 Å². The van der Waals surface area contributed by atoms with E-state index in [2.05, 4.69) is 75.9 Å². The number of nitrogens with zero attached hydrogens (tertiary/aromatic N) is 5. The maximum absolute atomic E-state index is 4.79. The first kappa shape index (κ1) is 21.9. The standard InChI is InChI=1S/C25H33N7/c1-5-26-25(29-22-12-13-31(17-22)23-9-6-18(2)7-10-23)28-16-21-8-11-24(27-15-21)32-20(4)14-19(3)30-32/h6-11,14-15,22H,5,12-13,16-17H2,1-4H3,(H2,26,28,29). The molecule has 7 nitrogen and oxygen atoms in total. The van der Waals surface area contributed by atoms with Gasteiger partial charge in [0.05, 0.1) is 12.2 Å². The predicted octanol–water partition coefficient (Wildman–Crippen LogP) is 3.53. The number of nitrogens with one attached hydrogen (secondary N) is 2. The van der Waals surface area contributed by atoms with Gasteiger partial charge in [0.2, 0.25) is 0 Å². The molecule has 0 amide bonds. The number of benzene rings is 1. The van der Waals surface area contributed by atoms with E-state index >= 15 is 0 Å². The van der Waals surface area contributed by atoms with Gasteiger partial charge < -0.3 is 15.5 Å². The average Bonchev–Trinajstić information content (AvgIpc) is 3.39. The van der Waals surface area contributed by atoms with Crippen molar-refractivity contribution in [2.45, 2.75) is 46.7 Å². The minimum atomic E-state index is 0.376. The monoisotopic (exact) mass is 431 g/mol. The first-order chi connectivity index (χ1) is 15.5. The predicted molar refractivity (Wildman–Crippen MR) is 131 cm³/mol. The van der Waals surface area contributed by atoms with Gasteiger partial charge in [0.15, 0.2) is 11.8 Å². The number of hydrogen-bond donors (Lipinski definition) is 2. The Hall–Kier alpha value is -3.35. The van der Waals surface area contributed by atoms with Crippen LogP contribution in [0.2, 0.25) is 0 Å². The zero-order valence-electron chi connectivity index (χ0n) is 19.5. The van der Waals surface area contributed by atoms with Crippen LogP contribution in [-0.2, 0) is 6.54 Å². The van der Waals surface area contributed by atoms with Gasteiger partial charge in [-0.2, -0.15) is 5.10 Å². The molecule has 7 heteroatoms. The van der Waals surface area contributed by atoms with Crippen molar-refractivity contribution in [3.8, 4) is 5.82 Å². The minimum absolute atomic E-state index is 0.376. The lowest BCUT2D eigenvalue weighted by Crippen LogP contribution is -2.44. The number of aromatic nitrogens is 3. The van der Waals surface area contributed by atoms with Gasteiger partial charge >= 0.3 is 0 Å². The summed E-state index contributed by atoms with van der Waals surface area (Å²) in [5.74, 6) is 1.68. The summed E-state index contributed by atoms with van der Waals surface area (Å²) in [4.78, 5) is 11.8. The van der Waals surface area contributed by atoms with Gasteiger partial charge in [0, 0.05) is 43.3 Å². The van der Waals surface area contributed by atoms with Crippen molar-refractivity contribution >= 4 is 11.6 Å². The molecule has 3 heterocycles. The topological polar surface area (TPSA) is 70.4 Å². The third-order valence-electron chi connectivity index (χ3n) is 5.73. The van der Waals surface area contributed by atoms with Crippen molar-refractivity contribution < 1.29 is 0 Å². The highest BCUT2D eigenvalue weighted by Gasteiger charge is 2.23. The van der Waals surface area contributed by atoms with Crippen LogP contribution in [0.15, 0.2) is 53.7 Å². The molecule has 0 aliphatic carbocycles. The number of hydrogen-bond acceptors (Lipinski definition) is 4. The van der Waals surface area contributed by atoms with E-state index in [1.54, 1.807) is 0 Å². The summed E-state index contributed by atoms with van der Waals surface area (Å²) in [7, 11) is 0. The molecule has 0 bridgehead atoms. The van der Waals surface area contributed by atoms with Gasteiger partial charge in [-0.1, -0.05) is 23.8 Å². The lowest BCUT2D eigenvalue weighted by Gasteiger charge is -2.20. The van der Waals surface area contributed by atoms with Crippen molar-refractivity contribution in [3.63, 3.8) is 0 Å². The quantitative estimate of drug-likeness (QED) is 0.462. The van der Waals surface area contributed by atoms with E-state index in [0.29, 0.717) is 12.6 Å². The molecule has 168 valence electrons. The summed E-state index contributed by atoms with van der Waals surface area (Å²) in [6, 6.07) is 15.3. The lowest BCUT2D eigenvalue weighted by molar-refractivity contribution is 0.649. The summed E-state index contributed by atoms with van der Waals surface area (Å²) < 4.78 is 1.87. The Morgan fingerprint density at radius 3 is 2.59 bits per heavy atom. The molecule has 3 aromatic rings. The van der Waals surface area contributed by atoms with Crippen molar-refractivity contribution in [3.05, 3.63) is 71.2 Å². The molecule has 4 rings (SSSR count). The van der Waals surface area contributed by atoms with Gasteiger partial charge in [0.1, 0.15) is 0 Å². The van der Waals surface area contributed by atoms with Gasteiger partial charge in [-0.05, 0) is 63.9 Å². The van der Waals surface area contributed by atoms with Crippen LogP contribution in [0.5, 0.6) is 0 Å². The number of rotatable bonds is 6. The molecule has 1 aliphatic heterocycles. The van der Waals surface area contributed by atoms with Crippen LogP contribution in [0.25, 0.3) is 5.82 Å². The summed E-state index contributed by atoms with van der Waals surface area (Å²) in [5, 5.41) is 11.5. The maximum atomic E-state index is 4.79. The first-order valence-electron chi connectivity index (χ1n) is 11.4. The van der Waals surface area contributed by atoms with Crippen LogP contribution >= 0.6 is 0 Å². The SMILES string of the molecule is CCNC(=NCc1ccc(-n2nc(C)cc2C)nc1)NC1CCN(c2ccc(C)cc2)C1. The average molecular weight is 432 g/mol. The molecule has 2 N–H and O–H groups in total. The highest BCUT2D eigenvalue weighted by atomic mass is 15.3. The largest absolute Gasteiger partial charge is 0.369 e. The molecular formula is C25H33N7. The van der Waals surface area contributed by atoms with Crippen LogP contribution in [0.4, 0.5) is 5.69 Å². The summed E-state index contributed by atoms with van der Waals surface area (Å²) >= 11 is 0. The fourth-order valence-electron chi connectivity index (χ4n) is 4.05. The van der Waals surface area contributed by atoms with E-state index in [-0.39, 0.29) is 0 Å². The third-order valence-corrected chi connectivity index (χ3v) is 5.73. The maximum Gasteiger partial charge on any atom is 0.191 e. The number of guanidine groups is 1. The second kappa shape index (κ2) is 9.85. The highest BCUT2D eigenvalue weighted by Crippen LogP contribution is 2.20. The van der Waals surface area contributed by atoms with Crippen LogP contribution in [0.1, 0.15) is 35.9 Å². The molecule has 1 fully saturated rings. The van der Waals surface area contributed by atoms with Gasteiger partial charge in [-0.15, -0.1) is 0 Å². The van der Waals surface area contributed by atoms with E-state index < -0.39 is 0 Å². The Bertz CT molecular complexity index is 1050. The molecule has 1 unspecified atom stereocenters. The fraction of sp³-hybridized carbons (Fsp3) is 0.400. The number of aryl methyl sites for hydroxylation is 3. The summed E-state index contributed by atoms with van der Waals surface area (Å²) in [5.41, 5.74) is 5.72. The molecule has 1 atom stereocenters. The van der Waals surface area contributed by atoms with Gasteiger partial charge in [-0.3, -0.25) is 0 Å². The number of pyridine rings is 1. The molecule has 0 saturated carbocycles. The molecule has 0 radical (unpaired) electrons. The zero-order valence-corrected chi connectivity index (χ0v) is 19.5. The third kappa shape index (κ3) is 5.28. The zero-order chi connectivity index (χ0) is 22.5. The Morgan fingerprint density at radius 1 is 1.12 bits per heavy atom. The van der Waals surface area contributed by atoms with E-state index in [9.17, 15) is 0 Å². The van der Waals surface area contributed by atoms with Crippen molar-refractivity contribution in [2.24, 2.45) is 4.99 Å². The summed E-state index contributed by atoms with van der Waals surface area (Å²) in [6.07, 6.45) is 2.98. The van der Waals surface area contributed by atoms with Crippen molar-refractivity contribution in [1.29, 1.82) is 0 Å². The molecule has 0 spiro atoms. The van der Waals surface area contributed by atoms with Crippen LogP contribution in [0, 0.1) is 20.8 Å². The van der Waals surface area contributed by atoms with E-state index in [4.69, 9.17) is 4.99 Å². The van der Waals surface area contributed by atoms with Crippen LogP contribution in [0.3, 0.4) is 0 Å². The second-order valence-electron chi connectivity index (χ2n) is 8.47. The first-order valence-corrected chi connectivity index (χ1v) is 11.4. The Balaban J connectivity index is 1.37. The lowest BCUT2D eigenvalue weighted by atomic mass is 10.2. The van der Waals surface area contributed by atoms with Gasteiger partial charge in [0.25, 0.3) is 0 Å². The van der Waals surface area contributed by atoms with Crippen LogP contribution in [-0.4, -0.2) is 46.4 Å². The molecule has 1 saturated heterocycles. The van der Waals surface area contributed by atoms with E-state index in [1.165, 1.54) is 11.3 Å². The molecule has 2 aromatic heterocycles. The molecule has 1 aliphatic rings. The fourth-order valence-corrected chi connectivity index (χ4v) is 4.05. The minimum Gasteiger partial charge on any atom is -0.369 e. The molecule has 32 heavy (non-hydrogen) atoms. The number of anilines is 1. The summed E-state index contributed by atoms with van der Waals surface area (Å²) in [6.45, 7) is 11.7. The van der Waals surface area contributed by atoms with E-state index in [0.717, 1.165) is 54.8 Å². The number of aliphatic imine (C=N–C) groups is 1. The van der Waals surface area contributed by atoms with Crippen molar-refractivity contribution in [1.82, 2.24) is 25.4 Å².